The minimum absolute atomic E-state index is 0.00585. The van der Waals surface area contributed by atoms with Gasteiger partial charge in [-0.25, -0.2) is 9.97 Å². The largest absolute Gasteiger partial charge is 0.444 e. The second kappa shape index (κ2) is 9.99. The van der Waals surface area contributed by atoms with E-state index in [2.05, 4.69) is 14.9 Å². The molecule has 0 radical (unpaired) electrons. The first-order valence-electron chi connectivity index (χ1n) is 14.2. The Morgan fingerprint density at radius 3 is 2.59 bits per heavy atom. The van der Waals surface area contributed by atoms with E-state index >= 15 is 0 Å². The van der Waals surface area contributed by atoms with Gasteiger partial charge in [0.05, 0.1) is 24.3 Å². The fourth-order valence-corrected chi connectivity index (χ4v) is 7.12. The number of fused-ring (bicyclic) bond motifs is 3. The van der Waals surface area contributed by atoms with Gasteiger partial charge in [-0.3, -0.25) is 19.4 Å². The molecule has 214 valence electrons. The van der Waals surface area contributed by atoms with Crippen LogP contribution in [0, 0.1) is 0 Å². The van der Waals surface area contributed by atoms with Crippen LogP contribution in [0.5, 0.6) is 0 Å². The molecule has 0 saturated carbocycles. The summed E-state index contributed by atoms with van der Waals surface area (Å²) in [5.74, 6) is 0.639. The topological polar surface area (TPSA) is 125 Å². The number of anilines is 2. The van der Waals surface area contributed by atoms with E-state index in [1.165, 1.54) is 6.26 Å². The van der Waals surface area contributed by atoms with E-state index in [0.717, 1.165) is 42.5 Å². The Bertz CT molecular complexity index is 1600. The number of benzene rings is 1. The predicted octanol–water partition coefficient (Wildman–Crippen LogP) is 2.94. The zero-order valence-corrected chi connectivity index (χ0v) is 23.6. The van der Waals surface area contributed by atoms with Crippen LogP contribution >= 0.6 is 11.6 Å². The molecular weight excluding hydrogens is 548 g/mol. The van der Waals surface area contributed by atoms with Crippen molar-refractivity contribution in [3.63, 3.8) is 0 Å². The third-order valence-corrected chi connectivity index (χ3v) is 9.29. The molecule has 11 nitrogen and oxygen atoms in total. The summed E-state index contributed by atoms with van der Waals surface area (Å²) in [6.07, 6.45) is 6.11. The number of aryl methyl sites for hydroxylation is 1. The number of piperidine rings is 1. The number of carbonyl (C=O) groups excluding carboxylic acids is 2. The molecule has 1 N–H and O–H groups in total. The second-order valence-electron chi connectivity index (χ2n) is 11.2. The fourth-order valence-electron chi connectivity index (χ4n) is 6.73. The zero-order valence-electron chi connectivity index (χ0n) is 22.9. The highest BCUT2D eigenvalue weighted by Crippen LogP contribution is 2.52. The van der Waals surface area contributed by atoms with Gasteiger partial charge in [0, 0.05) is 60.6 Å². The Labute approximate surface area is 241 Å². The van der Waals surface area contributed by atoms with E-state index in [0.29, 0.717) is 74.5 Å². The minimum Gasteiger partial charge on any atom is -0.444 e. The van der Waals surface area contributed by atoms with Crippen molar-refractivity contribution >= 4 is 35.1 Å². The van der Waals surface area contributed by atoms with Crippen LogP contribution in [-0.2, 0) is 27.8 Å². The summed E-state index contributed by atoms with van der Waals surface area (Å²) in [5, 5.41) is 0.461. The van der Waals surface area contributed by atoms with E-state index < -0.39 is 5.41 Å². The van der Waals surface area contributed by atoms with Gasteiger partial charge in [-0.15, -0.1) is 0 Å². The lowest BCUT2D eigenvalue weighted by Gasteiger charge is -2.39. The highest BCUT2D eigenvalue weighted by molar-refractivity contribution is 6.33. The summed E-state index contributed by atoms with van der Waals surface area (Å²) in [7, 11) is 1.76. The van der Waals surface area contributed by atoms with Crippen LogP contribution in [0.1, 0.15) is 53.0 Å². The number of carbonyl (C=O) groups is 2. The minimum atomic E-state index is -0.765. The van der Waals surface area contributed by atoms with Crippen LogP contribution in [-0.4, -0.2) is 78.1 Å². The Morgan fingerprint density at radius 1 is 1.05 bits per heavy atom. The average molecular weight is 579 g/mol. The highest BCUT2D eigenvalue weighted by atomic mass is 35.5. The maximum absolute atomic E-state index is 13.8. The highest BCUT2D eigenvalue weighted by Gasteiger charge is 2.52. The van der Waals surface area contributed by atoms with E-state index in [1.54, 1.807) is 22.9 Å². The van der Waals surface area contributed by atoms with Gasteiger partial charge in [0.1, 0.15) is 6.26 Å². The number of nitrogens with zero attached hydrogens (tertiary/aromatic N) is 5. The molecule has 41 heavy (non-hydrogen) atoms. The van der Waals surface area contributed by atoms with Crippen molar-refractivity contribution in [2.45, 2.75) is 43.9 Å². The lowest BCUT2D eigenvalue weighted by atomic mass is 9.73. The van der Waals surface area contributed by atoms with E-state index in [4.69, 9.17) is 25.7 Å². The third kappa shape index (κ3) is 4.25. The van der Waals surface area contributed by atoms with Crippen molar-refractivity contribution in [2.75, 3.05) is 56.2 Å². The maximum atomic E-state index is 13.8. The average Bonchev–Trinajstić information content (AvgIpc) is 3.57. The lowest BCUT2D eigenvalue weighted by Crippen LogP contribution is -2.49. The zero-order chi connectivity index (χ0) is 28.3. The number of amides is 2. The number of aromatic amines is 1. The van der Waals surface area contributed by atoms with Crippen molar-refractivity contribution in [3.05, 3.63) is 56.3 Å². The monoisotopic (exact) mass is 578 g/mol. The number of aromatic nitrogens is 3. The smallest absolute Gasteiger partial charge is 0.275 e. The third-order valence-electron chi connectivity index (χ3n) is 8.99. The van der Waals surface area contributed by atoms with Gasteiger partial charge in [-0.1, -0.05) is 11.6 Å². The second-order valence-corrected chi connectivity index (χ2v) is 11.7. The molecule has 3 aromatic rings. The quantitative estimate of drug-likeness (QED) is 0.503. The number of rotatable bonds is 3. The van der Waals surface area contributed by atoms with Gasteiger partial charge >= 0.3 is 0 Å². The first-order chi connectivity index (χ1) is 19.9. The van der Waals surface area contributed by atoms with E-state index in [1.807, 2.05) is 6.07 Å². The molecule has 7 rings (SSSR count). The Balaban J connectivity index is 1.15. The molecule has 4 aliphatic rings. The Hall–Kier alpha value is -3.70. The van der Waals surface area contributed by atoms with Crippen molar-refractivity contribution in [1.29, 1.82) is 0 Å². The van der Waals surface area contributed by atoms with Crippen LogP contribution in [0.2, 0.25) is 5.02 Å². The number of H-pyrrole nitrogens is 1. The summed E-state index contributed by atoms with van der Waals surface area (Å²) in [5.41, 5.74) is 3.22. The fraction of sp³-hybridized carbons (Fsp3) is 0.483. The molecule has 2 aromatic heterocycles. The van der Waals surface area contributed by atoms with Crippen LogP contribution in [0.4, 0.5) is 11.6 Å². The van der Waals surface area contributed by atoms with Crippen molar-refractivity contribution in [1.82, 2.24) is 19.9 Å². The van der Waals surface area contributed by atoms with E-state index in [9.17, 15) is 14.4 Å². The summed E-state index contributed by atoms with van der Waals surface area (Å²) in [4.78, 5) is 57.0. The van der Waals surface area contributed by atoms with Crippen LogP contribution < -0.4 is 15.4 Å². The number of morpholine rings is 1. The number of halogens is 1. The van der Waals surface area contributed by atoms with Gasteiger partial charge in [-0.2, -0.15) is 0 Å². The van der Waals surface area contributed by atoms with Gasteiger partial charge < -0.3 is 23.9 Å². The van der Waals surface area contributed by atoms with Crippen LogP contribution in [0.25, 0.3) is 11.5 Å². The number of hydrogen-bond donors (Lipinski definition) is 1. The number of nitrogens with one attached hydrogen (secondary N) is 1. The first-order valence-corrected chi connectivity index (χ1v) is 14.6. The number of hydrogen-bond acceptors (Lipinski definition) is 8. The predicted molar refractivity (Wildman–Crippen MR) is 152 cm³/mol. The molecule has 0 unspecified atom stereocenters. The summed E-state index contributed by atoms with van der Waals surface area (Å²) in [6.45, 7) is 3.14. The molecule has 1 aromatic carbocycles. The number of likely N-dealkylation sites (N-methyl/N-ethyl adjacent to an activating group) is 1. The molecular formula is C29H31ClN6O5. The number of ether oxygens (including phenoxy) is 1. The summed E-state index contributed by atoms with van der Waals surface area (Å²) in [6, 6.07) is 3.62. The molecule has 1 aliphatic carbocycles. The maximum Gasteiger partial charge on any atom is 0.275 e. The first kappa shape index (κ1) is 26.2. The summed E-state index contributed by atoms with van der Waals surface area (Å²) < 4.78 is 11.0. The Kier molecular flexibility index (Phi) is 6.39. The molecule has 3 aliphatic heterocycles. The lowest BCUT2D eigenvalue weighted by molar-refractivity contribution is -0.123. The SMILES string of the molecule is CN1C(=O)C2(CCN(c3nc4c(c(=O)[nH]3)CCCC4)CC2)c2c(Cl)cc(-c3nc(C(=O)N4CCOCC4)co3)cc21. The molecule has 5 heterocycles. The van der Waals surface area contributed by atoms with Crippen molar-refractivity contribution < 1.29 is 18.7 Å². The molecule has 2 saturated heterocycles. The van der Waals surface area contributed by atoms with Gasteiger partial charge in [0.2, 0.25) is 17.7 Å². The van der Waals surface area contributed by atoms with Gasteiger partial charge in [0.15, 0.2) is 5.69 Å². The molecule has 12 heteroatoms. The van der Waals surface area contributed by atoms with Gasteiger partial charge in [-0.05, 0) is 50.7 Å². The Morgan fingerprint density at radius 2 is 1.80 bits per heavy atom. The normalized spacial score (nSPS) is 20.0. The molecule has 2 fully saturated rings. The van der Waals surface area contributed by atoms with Crippen molar-refractivity contribution in [2.24, 2.45) is 0 Å². The van der Waals surface area contributed by atoms with E-state index in [-0.39, 0.29) is 29.0 Å². The summed E-state index contributed by atoms with van der Waals surface area (Å²) >= 11 is 6.91. The van der Waals surface area contributed by atoms with Crippen molar-refractivity contribution in [3.8, 4) is 11.5 Å². The standard InChI is InChI=1S/C29H31ClN6O5/c1-34-22-15-17(25-31-21(16-41-25)26(38)35-10-12-40-13-11-35)14-19(30)23(22)29(27(34)39)6-8-36(9-7-29)28-32-20-5-3-2-4-18(20)24(37)33-28/h14-16H,2-13H2,1H3,(H,32,33,37). The molecule has 1 spiro atoms. The molecule has 0 atom stereocenters. The van der Waals surface area contributed by atoms with Gasteiger partial charge in [0.25, 0.3) is 11.5 Å². The van der Waals surface area contributed by atoms with Crippen LogP contribution in [0.3, 0.4) is 0 Å². The molecule has 0 bridgehead atoms. The molecule has 2 amide bonds. The van der Waals surface area contributed by atoms with Crippen LogP contribution in [0.15, 0.2) is 27.6 Å². The number of oxazole rings is 1.